The molecule has 1 spiro atoms. The molecule has 2 atom stereocenters. The van der Waals surface area contributed by atoms with Gasteiger partial charge in [-0.1, -0.05) is 12.5 Å². The van der Waals surface area contributed by atoms with Gasteiger partial charge in [-0.3, -0.25) is 14.9 Å². The molecule has 1 aromatic carbocycles. The number of benzene rings is 1. The Labute approximate surface area is 143 Å². The molecule has 130 valence electrons. The number of amides is 4. The number of para-hydroxylation sites is 1. The molecule has 0 unspecified atom stereocenters. The van der Waals surface area contributed by atoms with E-state index in [9.17, 15) is 14.4 Å². The minimum absolute atomic E-state index is 0.138. The molecule has 1 aliphatic heterocycles. The lowest BCUT2D eigenvalue weighted by Gasteiger charge is -2.28. The van der Waals surface area contributed by atoms with E-state index in [0.717, 1.165) is 12.8 Å². The van der Waals surface area contributed by atoms with Gasteiger partial charge < -0.3 is 15.1 Å². The van der Waals surface area contributed by atoms with Gasteiger partial charge in [0, 0.05) is 19.4 Å². The van der Waals surface area contributed by atoms with Crippen LogP contribution in [-0.4, -0.2) is 34.9 Å². The molecule has 2 aromatic rings. The third-order valence-electron chi connectivity index (χ3n) is 5.07. The van der Waals surface area contributed by atoms with Crippen LogP contribution in [0.3, 0.4) is 0 Å². The maximum Gasteiger partial charge on any atom is 0.322 e. The first-order valence-corrected chi connectivity index (χ1v) is 8.27. The van der Waals surface area contributed by atoms with E-state index in [0.29, 0.717) is 35.5 Å². The molecular weight excluding hydrogens is 324 g/mol. The van der Waals surface area contributed by atoms with E-state index >= 15 is 0 Å². The number of hydrogen-bond donors (Lipinski definition) is 3. The van der Waals surface area contributed by atoms with Crippen LogP contribution < -0.4 is 16.0 Å². The second kappa shape index (κ2) is 5.58. The van der Waals surface area contributed by atoms with Gasteiger partial charge in [0.05, 0.1) is 5.56 Å². The number of rotatable bonds is 3. The van der Waals surface area contributed by atoms with Crippen LogP contribution in [0, 0.1) is 12.8 Å². The Morgan fingerprint density at radius 2 is 2.28 bits per heavy atom. The standard InChI is InChI=1S/C17H18N4O4/c1-9-19-13-11(5-2-6-12(13)25-9)14(22)18-8-10-4-3-7-17(10)15(23)20-16(24)21-17/h2,5-6,10H,3-4,7-8H2,1H3,(H,18,22)(H2,20,21,23,24)/t10-,17+/m0/s1. The second-order valence-corrected chi connectivity index (χ2v) is 6.56. The minimum Gasteiger partial charge on any atom is -0.441 e. The zero-order valence-corrected chi connectivity index (χ0v) is 13.7. The molecule has 1 aromatic heterocycles. The summed E-state index contributed by atoms with van der Waals surface area (Å²) in [6.45, 7) is 2.03. The number of carbonyl (C=O) groups excluding carboxylic acids is 3. The lowest BCUT2D eigenvalue weighted by Crippen LogP contribution is -2.53. The fraction of sp³-hybridized carbons (Fsp3) is 0.412. The zero-order chi connectivity index (χ0) is 17.6. The summed E-state index contributed by atoms with van der Waals surface area (Å²) in [5, 5.41) is 7.93. The van der Waals surface area contributed by atoms with Crippen molar-refractivity contribution in [2.75, 3.05) is 6.54 Å². The largest absolute Gasteiger partial charge is 0.441 e. The van der Waals surface area contributed by atoms with E-state index in [2.05, 4.69) is 20.9 Å². The molecule has 25 heavy (non-hydrogen) atoms. The van der Waals surface area contributed by atoms with Crippen molar-refractivity contribution in [1.82, 2.24) is 20.9 Å². The summed E-state index contributed by atoms with van der Waals surface area (Å²) >= 11 is 0. The summed E-state index contributed by atoms with van der Waals surface area (Å²) < 4.78 is 5.45. The van der Waals surface area contributed by atoms with Crippen LogP contribution in [0.1, 0.15) is 35.5 Å². The van der Waals surface area contributed by atoms with E-state index in [1.807, 2.05) is 0 Å². The Balaban J connectivity index is 1.52. The number of aromatic nitrogens is 1. The molecule has 0 bridgehead atoms. The van der Waals surface area contributed by atoms with E-state index in [4.69, 9.17) is 4.42 Å². The SMILES string of the molecule is Cc1nc2c(C(=O)NC[C@@H]3CCC[C@@]34NC(=O)NC4=O)cccc2o1. The molecule has 1 aliphatic carbocycles. The van der Waals surface area contributed by atoms with Gasteiger partial charge in [-0.15, -0.1) is 0 Å². The molecule has 8 heteroatoms. The van der Waals surface area contributed by atoms with Gasteiger partial charge >= 0.3 is 6.03 Å². The summed E-state index contributed by atoms with van der Waals surface area (Å²) in [4.78, 5) is 40.6. The monoisotopic (exact) mass is 342 g/mol. The number of hydrogen-bond acceptors (Lipinski definition) is 5. The van der Waals surface area contributed by atoms with Crippen molar-refractivity contribution in [3.63, 3.8) is 0 Å². The number of aryl methyl sites for hydroxylation is 1. The van der Waals surface area contributed by atoms with Gasteiger partial charge in [-0.25, -0.2) is 9.78 Å². The van der Waals surface area contributed by atoms with E-state index < -0.39 is 11.6 Å². The van der Waals surface area contributed by atoms with Crippen LogP contribution in [0.25, 0.3) is 11.1 Å². The van der Waals surface area contributed by atoms with Crippen molar-refractivity contribution >= 4 is 28.9 Å². The smallest absolute Gasteiger partial charge is 0.322 e. The molecule has 4 rings (SSSR count). The number of fused-ring (bicyclic) bond motifs is 1. The molecule has 1 saturated heterocycles. The normalized spacial score (nSPS) is 25.4. The molecule has 8 nitrogen and oxygen atoms in total. The first kappa shape index (κ1) is 15.6. The summed E-state index contributed by atoms with van der Waals surface area (Å²) in [5.74, 6) is -0.217. The lowest BCUT2D eigenvalue weighted by molar-refractivity contribution is -0.125. The average molecular weight is 342 g/mol. The third kappa shape index (κ3) is 2.45. The van der Waals surface area contributed by atoms with Crippen molar-refractivity contribution in [1.29, 1.82) is 0 Å². The van der Waals surface area contributed by atoms with Gasteiger partial charge in [0.1, 0.15) is 11.1 Å². The number of nitrogens with one attached hydrogen (secondary N) is 3. The van der Waals surface area contributed by atoms with Crippen LogP contribution in [0.5, 0.6) is 0 Å². The highest BCUT2D eigenvalue weighted by atomic mass is 16.3. The van der Waals surface area contributed by atoms with Gasteiger partial charge in [0.25, 0.3) is 11.8 Å². The molecule has 2 aliphatic rings. The number of nitrogens with zero attached hydrogens (tertiary/aromatic N) is 1. The number of urea groups is 1. The predicted octanol–water partition coefficient (Wildman–Crippen LogP) is 1.24. The highest BCUT2D eigenvalue weighted by Gasteiger charge is 2.54. The minimum atomic E-state index is -0.902. The van der Waals surface area contributed by atoms with Gasteiger partial charge in [0.15, 0.2) is 11.5 Å². The Morgan fingerprint density at radius 3 is 3.04 bits per heavy atom. The van der Waals surface area contributed by atoms with Crippen LogP contribution in [-0.2, 0) is 4.79 Å². The van der Waals surface area contributed by atoms with Crippen molar-refractivity contribution in [3.8, 4) is 0 Å². The molecular formula is C17H18N4O4. The zero-order valence-electron chi connectivity index (χ0n) is 13.7. The Kier molecular flexibility index (Phi) is 3.48. The van der Waals surface area contributed by atoms with E-state index in [-0.39, 0.29) is 17.7 Å². The fourth-order valence-electron chi connectivity index (χ4n) is 3.88. The molecule has 0 radical (unpaired) electrons. The Hall–Kier alpha value is -2.90. The van der Waals surface area contributed by atoms with Crippen LogP contribution in [0.4, 0.5) is 4.79 Å². The lowest BCUT2D eigenvalue weighted by atomic mass is 9.87. The number of imide groups is 1. The van der Waals surface area contributed by atoms with Gasteiger partial charge in [0.2, 0.25) is 0 Å². The molecule has 1 saturated carbocycles. The predicted molar refractivity (Wildman–Crippen MR) is 87.8 cm³/mol. The summed E-state index contributed by atoms with van der Waals surface area (Å²) in [6.07, 6.45) is 2.18. The quantitative estimate of drug-likeness (QED) is 0.727. The summed E-state index contributed by atoms with van der Waals surface area (Å²) in [5.41, 5.74) is 0.609. The first-order chi connectivity index (χ1) is 12.0. The molecule has 2 fully saturated rings. The van der Waals surface area contributed by atoms with E-state index in [1.54, 1.807) is 25.1 Å². The third-order valence-corrected chi connectivity index (χ3v) is 5.07. The maximum atomic E-state index is 12.6. The van der Waals surface area contributed by atoms with Crippen LogP contribution in [0.2, 0.25) is 0 Å². The van der Waals surface area contributed by atoms with Crippen LogP contribution >= 0.6 is 0 Å². The molecule has 3 N–H and O–H groups in total. The molecule has 2 heterocycles. The van der Waals surface area contributed by atoms with E-state index in [1.165, 1.54) is 0 Å². The van der Waals surface area contributed by atoms with Gasteiger partial charge in [-0.05, 0) is 25.0 Å². The van der Waals surface area contributed by atoms with Crippen molar-refractivity contribution < 1.29 is 18.8 Å². The van der Waals surface area contributed by atoms with Crippen molar-refractivity contribution in [2.45, 2.75) is 31.7 Å². The number of oxazole rings is 1. The Bertz CT molecular complexity index is 890. The number of carbonyl (C=O) groups is 3. The summed E-state index contributed by atoms with van der Waals surface area (Å²) in [6, 6.07) is 4.72. The van der Waals surface area contributed by atoms with Crippen molar-refractivity contribution in [2.24, 2.45) is 5.92 Å². The average Bonchev–Trinajstić information content (AvgIpc) is 3.22. The first-order valence-electron chi connectivity index (χ1n) is 8.27. The topological polar surface area (TPSA) is 113 Å². The summed E-state index contributed by atoms with van der Waals surface area (Å²) in [7, 11) is 0. The Morgan fingerprint density at radius 1 is 1.44 bits per heavy atom. The maximum absolute atomic E-state index is 12.6. The fourth-order valence-corrected chi connectivity index (χ4v) is 3.88. The van der Waals surface area contributed by atoms with Crippen LogP contribution in [0.15, 0.2) is 22.6 Å². The second-order valence-electron chi connectivity index (χ2n) is 6.56. The van der Waals surface area contributed by atoms with Crippen molar-refractivity contribution in [3.05, 3.63) is 29.7 Å². The highest BCUT2D eigenvalue weighted by molar-refractivity contribution is 6.07. The molecule has 4 amide bonds. The highest BCUT2D eigenvalue weighted by Crippen LogP contribution is 2.37. The van der Waals surface area contributed by atoms with Gasteiger partial charge in [-0.2, -0.15) is 0 Å².